The first-order valence-corrected chi connectivity index (χ1v) is 11.2. The Labute approximate surface area is 183 Å². The Morgan fingerprint density at radius 2 is 1.53 bits per heavy atom. The van der Waals surface area contributed by atoms with E-state index in [-0.39, 0.29) is 48.1 Å². The van der Waals surface area contributed by atoms with Gasteiger partial charge in [-0.3, -0.25) is 9.59 Å². The highest BCUT2D eigenvalue weighted by Gasteiger charge is 2.32. The number of amides is 2. The number of benzene rings is 2. The fourth-order valence-corrected chi connectivity index (χ4v) is 4.17. The highest BCUT2D eigenvalue weighted by Crippen LogP contribution is 2.30. The number of sulfonamides is 1. The highest BCUT2D eigenvalue weighted by molar-refractivity contribution is 7.89. The number of alkyl halides is 3. The Balaban J connectivity index is 1.72. The molecule has 1 aliphatic heterocycles. The van der Waals surface area contributed by atoms with Crippen molar-refractivity contribution in [1.82, 2.24) is 14.5 Å². The van der Waals surface area contributed by atoms with Crippen LogP contribution in [0, 0.1) is 6.92 Å². The summed E-state index contributed by atoms with van der Waals surface area (Å²) in [5.41, 5.74) is -0.129. The van der Waals surface area contributed by atoms with E-state index >= 15 is 0 Å². The zero-order chi connectivity index (χ0) is 23.7. The average Bonchev–Trinajstić information content (AvgIpc) is 2.78. The summed E-state index contributed by atoms with van der Waals surface area (Å²) in [6.45, 7) is 2.33. The molecule has 172 valence electrons. The predicted octanol–water partition coefficient (Wildman–Crippen LogP) is 2.52. The zero-order valence-corrected chi connectivity index (χ0v) is 18.3. The van der Waals surface area contributed by atoms with Crippen LogP contribution in [0.25, 0.3) is 0 Å². The Morgan fingerprint density at radius 1 is 0.938 bits per heavy atom. The topological polar surface area (TPSA) is 86.8 Å². The standard InChI is InChI=1S/C21H22F3N3O4S/c1-14-6-7-17(32(30,31)25-2)13-18(14)20(29)27-10-8-26(9-11-27)19(28)15-4-3-5-16(12-15)21(22,23)24/h3-7,12-13,25H,8-11H2,1-2H3. The second-order valence-electron chi connectivity index (χ2n) is 7.35. The van der Waals surface area contributed by atoms with Gasteiger partial charge in [0.1, 0.15) is 0 Å². The quantitative estimate of drug-likeness (QED) is 0.746. The number of hydrogen-bond acceptors (Lipinski definition) is 4. The summed E-state index contributed by atoms with van der Waals surface area (Å²) in [6.07, 6.45) is -4.55. The summed E-state index contributed by atoms with van der Waals surface area (Å²) in [6, 6.07) is 8.49. The summed E-state index contributed by atoms with van der Waals surface area (Å²) in [5.74, 6) is -0.914. The number of halogens is 3. The Bertz CT molecular complexity index is 1140. The van der Waals surface area contributed by atoms with E-state index in [0.717, 1.165) is 12.1 Å². The minimum absolute atomic E-state index is 0.0349. The van der Waals surface area contributed by atoms with Crippen LogP contribution >= 0.6 is 0 Å². The molecule has 0 unspecified atom stereocenters. The Hall–Kier alpha value is -2.92. The second kappa shape index (κ2) is 8.91. The van der Waals surface area contributed by atoms with Gasteiger partial charge >= 0.3 is 6.18 Å². The van der Waals surface area contributed by atoms with E-state index in [1.165, 1.54) is 41.1 Å². The lowest BCUT2D eigenvalue weighted by Gasteiger charge is -2.35. The van der Waals surface area contributed by atoms with Crippen LogP contribution in [-0.2, 0) is 16.2 Å². The summed E-state index contributed by atoms with van der Waals surface area (Å²) in [4.78, 5) is 28.5. The normalized spacial score (nSPS) is 15.0. The molecule has 2 aromatic carbocycles. The van der Waals surface area contributed by atoms with Crippen LogP contribution < -0.4 is 4.72 Å². The van der Waals surface area contributed by atoms with E-state index < -0.39 is 27.7 Å². The van der Waals surface area contributed by atoms with Gasteiger partial charge in [0.05, 0.1) is 10.5 Å². The first-order chi connectivity index (χ1) is 14.9. The lowest BCUT2D eigenvalue weighted by Crippen LogP contribution is -2.50. The molecular weight excluding hydrogens is 447 g/mol. The number of piperazine rings is 1. The molecule has 1 N–H and O–H groups in total. The van der Waals surface area contributed by atoms with Crippen molar-refractivity contribution in [2.75, 3.05) is 33.2 Å². The van der Waals surface area contributed by atoms with Gasteiger partial charge in [0.2, 0.25) is 10.0 Å². The fraction of sp³-hybridized carbons (Fsp3) is 0.333. The summed E-state index contributed by atoms with van der Waals surface area (Å²) in [5, 5.41) is 0. The van der Waals surface area contributed by atoms with Crippen LogP contribution in [-0.4, -0.2) is 63.3 Å². The van der Waals surface area contributed by atoms with E-state index in [1.807, 2.05) is 0 Å². The van der Waals surface area contributed by atoms with E-state index in [4.69, 9.17) is 0 Å². The Morgan fingerprint density at radius 3 is 2.09 bits per heavy atom. The van der Waals surface area contributed by atoms with Crippen LogP contribution in [0.3, 0.4) is 0 Å². The lowest BCUT2D eigenvalue weighted by atomic mass is 10.1. The average molecular weight is 469 g/mol. The number of aryl methyl sites for hydroxylation is 1. The zero-order valence-electron chi connectivity index (χ0n) is 17.4. The number of hydrogen-bond donors (Lipinski definition) is 1. The molecule has 1 fully saturated rings. The fourth-order valence-electron chi connectivity index (χ4n) is 3.41. The second-order valence-corrected chi connectivity index (χ2v) is 9.23. The lowest BCUT2D eigenvalue weighted by molar-refractivity contribution is -0.137. The molecule has 2 amide bonds. The number of nitrogens with one attached hydrogen (secondary N) is 1. The molecule has 0 aromatic heterocycles. The van der Waals surface area contributed by atoms with E-state index in [9.17, 15) is 31.2 Å². The summed E-state index contributed by atoms with van der Waals surface area (Å²) >= 11 is 0. The molecule has 7 nitrogen and oxygen atoms in total. The molecule has 0 aliphatic carbocycles. The van der Waals surface area contributed by atoms with Crippen LogP contribution in [0.15, 0.2) is 47.4 Å². The van der Waals surface area contributed by atoms with Gasteiger partial charge in [0.15, 0.2) is 0 Å². The van der Waals surface area contributed by atoms with Crippen molar-refractivity contribution in [3.05, 3.63) is 64.7 Å². The van der Waals surface area contributed by atoms with Crippen LogP contribution in [0.4, 0.5) is 13.2 Å². The van der Waals surface area contributed by atoms with Crippen molar-refractivity contribution in [3.8, 4) is 0 Å². The highest BCUT2D eigenvalue weighted by atomic mass is 32.2. The molecule has 0 bridgehead atoms. The van der Waals surface area contributed by atoms with Gasteiger partial charge in [0.25, 0.3) is 11.8 Å². The first kappa shape index (κ1) is 23.7. The van der Waals surface area contributed by atoms with Crippen molar-refractivity contribution in [2.24, 2.45) is 0 Å². The molecule has 0 saturated carbocycles. The number of rotatable bonds is 4. The van der Waals surface area contributed by atoms with Crippen molar-refractivity contribution in [2.45, 2.75) is 18.0 Å². The molecule has 11 heteroatoms. The van der Waals surface area contributed by atoms with Gasteiger partial charge < -0.3 is 9.80 Å². The molecular formula is C21H22F3N3O4S. The SMILES string of the molecule is CNS(=O)(=O)c1ccc(C)c(C(=O)N2CCN(C(=O)c3cccc(C(F)(F)F)c3)CC2)c1. The first-order valence-electron chi connectivity index (χ1n) is 9.74. The maximum Gasteiger partial charge on any atom is 0.416 e. The molecule has 0 atom stereocenters. The molecule has 0 radical (unpaired) electrons. The number of nitrogens with zero attached hydrogens (tertiary/aromatic N) is 2. The van der Waals surface area contributed by atoms with Crippen LogP contribution in [0.1, 0.15) is 31.8 Å². The maximum absolute atomic E-state index is 13.0. The number of carbonyl (C=O) groups is 2. The van der Waals surface area contributed by atoms with Gasteiger partial charge in [-0.05, 0) is 49.9 Å². The molecule has 2 aromatic rings. The summed E-state index contributed by atoms with van der Waals surface area (Å²) < 4.78 is 65.1. The maximum atomic E-state index is 13.0. The minimum Gasteiger partial charge on any atom is -0.335 e. The van der Waals surface area contributed by atoms with E-state index in [0.29, 0.717) is 5.56 Å². The smallest absolute Gasteiger partial charge is 0.335 e. The monoisotopic (exact) mass is 469 g/mol. The molecule has 1 heterocycles. The van der Waals surface area contributed by atoms with E-state index in [2.05, 4.69) is 4.72 Å². The van der Waals surface area contributed by atoms with Crippen LogP contribution in [0.5, 0.6) is 0 Å². The third-order valence-corrected chi connectivity index (χ3v) is 6.72. The third kappa shape index (κ3) is 4.94. The largest absolute Gasteiger partial charge is 0.416 e. The van der Waals surface area contributed by atoms with Gasteiger partial charge in [0, 0.05) is 37.3 Å². The van der Waals surface area contributed by atoms with E-state index in [1.54, 1.807) is 13.0 Å². The summed E-state index contributed by atoms with van der Waals surface area (Å²) in [7, 11) is -2.45. The van der Waals surface area contributed by atoms with Gasteiger partial charge in [-0.15, -0.1) is 0 Å². The van der Waals surface area contributed by atoms with Gasteiger partial charge in [-0.1, -0.05) is 12.1 Å². The van der Waals surface area contributed by atoms with Crippen molar-refractivity contribution < 1.29 is 31.2 Å². The molecule has 32 heavy (non-hydrogen) atoms. The molecule has 1 aliphatic rings. The Kier molecular flexibility index (Phi) is 6.61. The van der Waals surface area contributed by atoms with Crippen molar-refractivity contribution >= 4 is 21.8 Å². The number of carbonyl (C=O) groups excluding carboxylic acids is 2. The molecule has 1 saturated heterocycles. The minimum atomic E-state index is -4.55. The predicted molar refractivity (Wildman–Crippen MR) is 111 cm³/mol. The van der Waals surface area contributed by atoms with Gasteiger partial charge in [-0.2, -0.15) is 13.2 Å². The molecule has 3 rings (SSSR count). The van der Waals surface area contributed by atoms with Crippen molar-refractivity contribution in [1.29, 1.82) is 0 Å². The third-order valence-electron chi connectivity index (χ3n) is 5.31. The van der Waals surface area contributed by atoms with Crippen LogP contribution in [0.2, 0.25) is 0 Å². The van der Waals surface area contributed by atoms with Crippen molar-refractivity contribution in [3.63, 3.8) is 0 Å². The van der Waals surface area contributed by atoms with Gasteiger partial charge in [-0.25, -0.2) is 13.1 Å². The molecule has 0 spiro atoms.